The Morgan fingerprint density at radius 3 is 2.62 bits per heavy atom. The molecule has 3 rings (SSSR count). The Morgan fingerprint density at radius 1 is 1.24 bits per heavy atom. The fourth-order valence-electron chi connectivity index (χ4n) is 3.21. The summed E-state index contributed by atoms with van der Waals surface area (Å²) in [6.07, 6.45) is 0. The van der Waals surface area contributed by atoms with Crippen LogP contribution in [0.2, 0.25) is 5.02 Å². The van der Waals surface area contributed by atoms with Gasteiger partial charge in [0.15, 0.2) is 6.54 Å². The van der Waals surface area contributed by atoms with Gasteiger partial charge in [-0.1, -0.05) is 17.7 Å². The molecule has 1 heterocycles. The number of halogens is 2. The summed E-state index contributed by atoms with van der Waals surface area (Å²) in [5.41, 5.74) is 0.392. The summed E-state index contributed by atoms with van der Waals surface area (Å²) in [7, 11) is -2.36. The summed E-state index contributed by atoms with van der Waals surface area (Å²) < 4.78 is 45.7. The van der Waals surface area contributed by atoms with E-state index in [2.05, 4.69) is 5.32 Å². The molecule has 7 nitrogen and oxygen atoms in total. The number of piperazine rings is 1. The highest BCUT2D eigenvalue weighted by Crippen LogP contribution is 2.29. The number of hydrogen-bond acceptors (Lipinski definition) is 4. The Morgan fingerprint density at radius 2 is 1.97 bits per heavy atom. The van der Waals surface area contributed by atoms with Crippen LogP contribution in [0.4, 0.5) is 10.1 Å². The molecule has 1 saturated heterocycles. The molecule has 0 saturated carbocycles. The van der Waals surface area contributed by atoms with E-state index in [1.807, 2.05) is 0 Å². The van der Waals surface area contributed by atoms with Gasteiger partial charge in [0, 0.05) is 10.7 Å². The first-order valence-corrected chi connectivity index (χ1v) is 10.8. The van der Waals surface area contributed by atoms with Crippen LogP contribution >= 0.6 is 11.6 Å². The maximum absolute atomic E-state index is 13.2. The SMILES string of the molecule is COc1ccc(Cl)cc1S(=O)(=O)N1CC[NH+](CC(=O)Nc2cccc(F)c2)CC1. The van der Waals surface area contributed by atoms with Gasteiger partial charge in [-0.05, 0) is 36.4 Å². The van der Waals surface area contributed by atoms with E-state index >= 15 is 0 Å². The predicted octanol–water partition coefficient (Wildman–Crippen LogP) is 1.02. The van der Waals surface area contributed by atoms with Gasteiger partial charge >= 0.3 is 0 Å². The second-order valence-electron chi connectivity index (χ2n) is 6.68. The zero-order valence-corrected chi connectivity index (χ0v) is 17.4. The lowest BCUT2D eigenvalue weighted by atomic mass is 10.3. The third-order valence-corrected chi connectivity index (χ3v) is 6.85. The fraction of sp³-hybridized carbons (Fsp3) is 0.316. The van der Waals surface area contributed by atoms with Gasteiger partial charge in [0.2, 0.25) is 10.0 Å². The quantitative estimate of drug-likeness (QED) is 0.700. The molecule has 1 aliphatic heterocycles. The maximum atomic E-state index is 13.2. The molecule has 2 N–H and O–H groups in total. The van der Waals surface area contributed by atoms with Gasteiger partial charge in [-0.25, -0.2) is 12.8 Å². The van der Waals surface area contributed by atoms with E-state index in [0.29, 0.717) is 23.8 Å². The average Bonchev–Trinajstić information content (AvgIpc) is 2.68. The molecule has 10 heteroatoms. The Balaban J connectivity index is 1.60. The molecule has 1 fully saturated rings. The van der Waals surface area contributed by atoms with Crippen LogP contribution in [0.5, 0.6) is 5.75 Å². The summed E-state index contributed by atoms with van der Waals surface area (Å²) >= 11 is 5.96. The number of rotatable bonds is 6. The zero-order valence-electron chi connectivity index (χ0n) is 15.8. The molecule has 156 valence electrons. The largest absolute Gasteiger partial charge is 0.495 e. The monoisotopic (exact) mass is 442 g/mol. The Hall–Kier alpha value is -2.20. The van der Waals surface area contributed by atoms with E-state index in [9.17, 15) is 17.6 Å². The fourth-order valence-corrected chi connectivity index (χ4v) is 5.07. The van der Waals surface area contributed by atoms with E-state index in [0.717, 1.165) is 4.90 Å². The van der Waals surface area contributed by atoms with Crippen molar-refractivity contribution in [2.24, 2.45) is 0 Å². The standard InChI is InChI=1S/C19H21ClFN3O4S/c1-28-17-6-5-14(20)11-18(17)29(26,27)24-9-7-23(8-10-24)13-19(25)22-16-4-2-3-15(21)12-16/h2-6,11-12H,7-10,13H2,1H3,(H,22,25)/p+1. The molecule has 2 aromatic rings. The average molecular weight is 443 g/mol. The highest BCUT2D eigenvalue weighted by molar-refractivity contribution is 7.89. The third kappa shape index (κ3) is 5.24. The van der Waals surface area contributed by atoms with Gasteiger partial charge in [-0.3, -0.25) is 4.79 Å². The summed E-state index contributed by atoms with van der Waals surface area (Å²) in [5.74, 6) is -0.442. The number of hydrogen-bond donors (Lipinski definition) is 2. The van der Waals surface area contributed by atoms with Crippen LogP contribution in [-0.4, -0.2) is 58.5 Å². The smallest absolute Gasteiger partial charge is 0.279 e. The molecule has 2 aromatic carbocycles. The molecule has 29 heavy (non-hydrogen) atoms. The van der Waals surface area contributed by atoms with Crippen LogP contribution < -0.4 is 15.0 Å². The van der Waals surface area contributed by atoms with Crippen LogP contribution in [0, 0.1) is 5.82 Å². The van der Waals surface area contributed by atoms with Crippen molar-refractivity contribution in [1.82, 2.24) is 4.31 Å². The number of methoxy groups -OCH3 is 1. The molecule has 0 unspecified atom stereocenters. The molecule has 1 amide bonds. The molecular formula is C19H22ClFN3O4S+. The minimum absolute atomic E-state index is 0.0276. The number of quaternary nitrogens is 1. The molecule has 0 radical (unpaired) electrons. The van der Waals surface area contributed by atoms with Crippen molar-refractivity contribution in [3.63, 3.8) is 0 Å². The van der Waals surface area contributed by atoms with E-state index < -0.39 is 15.8 Å². The molecule has 0 bridgehead atoms. The van der Waals surface area contributed by atoms with Gasteiger partial charge in [-0.2, -0.15) is 4.31 Å². The van der Waals surface area contributed by atoms with Crippen molar-refractivity contribution in [3.8, 4) is 5.75 Å². The van der Waals surface area contributed by atoms with Gasteiger partial charge < -0.3 is 15.0 Å². The van der Waals surface area contributed by atoms with E-state index in [1.54, 1.807) is 12.1 Å². The highest BCUT2D eigenvalue weighted by atomic mass is 35.5. The normalized spacial score (nSPS) is 15.8. The summed E-state index contributed by atoms with van der Waals surface area (Å²) in [6.45, 7) is 1.64. The first kappa shape index (κ1) is 21.5. The first-order valence-electron chi connectivity index (χ1n) is 9.02. The van der Waals surface area contributed by atoms with Crippen LogP contribution in [0.1, 0.15) is 0 Å². The minimum atomic E-state index is -3.76. The van der Waals surface area contributed by atoms with Crippen molar-refractivity contribution in [3.05, 3.63) is 53.3 Å². The lowest BCUT2D eigenvalue weighted by Gasteiger charge is -2.31. The number of nitrogens with zero attached hydrogens (tertiary/aromatic N) is 1. The summed E-state index contributed by atoms with van der Waals surface area (Å²) in [4.78, 5) is 13.2. The number of sulfonamides is 1. The van der Waals surface area contributed by atoms with Crippen molar-refractivity contribution in [2.75, 3.05) is 45.2 Å². The van der Waals surface area contributed by atoms with Gasteiger partial charge in [0.05, 0.1) is 33.3 Å². The van der Waals surface area contributed by atoms with E-state index in [4.69, 9.17) is 16.3 Å². The van der Waals surface area contributed by atoms with Crippen molar-refractivity contribution < 1.29 is 27.2 Å². The lowest BCUT2D eigenvalue weighted by Crippen LogP contribution is -3.15. The number of amides is 1. The third-order valence-electron chi connectivity index (χ3n) is 4.69. The molecule has 0 aliphatic carbocycles. The van der Waals surface area contributed by atoms with Crippen molar-refractivity contribution >= 4 is 33.2 Å². The van der Waals surface area contributed by atoms with Crippen LogP contribution in [-0.2, 0) is 14.8 Å². The Kier molecular flexibility index (Phi) is 6.74. The second-order valence-corrected chi connectivity index (χ2v) is 9.03. The molecule has 0 atom stereocenters. The van der Waals surface area contributed by atoms with E-state index in [-0.39, 0.29) is 36.2 Å². The van der Waals surface area contributed by atoms with Crippen molar-refractivity contribution in [1.29, 1.82) is 0 Å². The molecule has 0 aromatic heterocycles. The van der Waals surface area contributed by atoms with Gasteiger partial charge in [0.25, 0.3) is 5.91 Å². The number of carbonyl (C=O) groups is 1. The summed E-state index contributed by atoms with van der Waals surface area (Å²) in [5, 5.41) is 2.96. The highest BCUT2D eigenvalue weighted by Gasteiger charge is 2.33. The van der Waals surface area contributed by atoms with Crippen LogP contribution in [0.15, 0.2) is 47.4 Å². The Bertz CT molecular complexity index is 995. The lowest BCUT2D eigenvalue weighted by molar-refractivity contribution is -0.895. The van der Waals surface area contributed by atoms with Gasteiger partial charge in [0.1, 0.15) is 16.5 Å². The molecule has 0 spiro atoms. The number of ether oxygens (including phenoxy) is 1. The number of anilines is 1. The molecular weight excluding hydrogens is 421 g/mol. The first-order chi connectivity index (χ1) is 13.8. The predicted molar refractivity (Wildman–Crippen MR) is 107 cm³/mol. The van der Waals surface area contributed by atoms with Gasteiger partial charge in [-0.15, -0.1) is 0 Å². The van der Waals surface area contributed by atoms with Crippen LogP contribution in [0.3, 0.4) is 0 Å². The Labute approximate surface area is 174 Å². The minimum Gasteiger partial charge on any atom is -0.495 e. The van der Waals surface area contributed by atoms with Crippen LogP contribution in [0.25, 0.3) is 0 Å². The summed E-state index contributed by atoms with van der Waals surface area (Å²) in [6, 6.07) is 10.1. The zero-order chi connectivity index (χ0) is 21.0. The topological polar surface area (TPSA) is 80.2 Å². The van der Waals surface area contributed by atoms with E-state index in [1.165, 1.54) is 41.7 Å². The second kappa shape index (κ2) is 9.08. The number of carbonyl (C=O) groups excluding carboxylic acids is 1. The maximum Gasteiger partial charge on any atom is 0.279 e. The number of nitrogens with one attached hydrogen (secondary N) is 2. The van der Waals surface area contributed by atoms with Crippen molar-refractivity contribution in [2.45, 2.75) is 4.90 Å². The molecule has 1 aliphatic rings. The number of benzene rings is 2.